The third-order valence-corrected chi connectivity index (χ3v) is 0.814. The molecule has 0 spiro atoms. The molecule has 0 fully saturated rings. The van der Waals surface area contributed by atoms with Gasteiger partial charge in [0.05, 0.1) is 29.5 Å². The summed E-state index contributed by atoms with van der Waals surface area (Å²) in [5, 5.41) is 0. The molecule has 0 saturated heterocycles. The normalized spacial score (nSPS) is 8.50. The number of halogens is 1. The van der Waals surface area contributed by atoms with Crippen LogP contribution >= 0.6 is 16.3 Å². The molecule has 0 radical (unpaired) electrons. The molecule has 46 valence electrons. The largest absolute Gasteiger partial charge is 0.366 e. The summed E-state index contributed by atoms with van der Waals surface area (Å²) in [6.07, 6.45) is 4.88. The van der Waals surface area contributed by atoms with Crippen molar-refractivity contribution in [3.63, 3.8) is 0 Å². The van der Waals surface area contributed by atoms with Crippen molar-refractivity contribution in [1.29, 1.82) is 0 Å². The van der Waals surface area contributed by atoms with Gasteiger partial charge in [0.2, 0.25) is 0 Å². The van der Waals surface area contributed by atoms with Crippen LogP contribution in [0.5, 0.6) is 0 Å². The van der Waals surface area contributed by atoms with E-state index in [0.717, 1.165) is 0 Å². The summed E-state index contributed by atoms with van der Waals surface area (Å²) in [6, 6.07) is 0. The van der Waals surface area contributed by atoms with Crippen LogP contribution in [0.15, 0.2) is 0 Å². The van der Waals surface area contributed by atoms with E-state index in [1.165, 1.54) is 0 Å². The highest BCUT2D eigenvalue weighted by Gasteiger charge is 1.81. The Labute approximate surface area is 57.6 Å². The van der Waals surface area contributed by atoms with Crippen molar-refractivity contribution < 1.29 is 8.57 Å². The van der Waals surface area contributed by atoms with Gasteiger partial charge in [0, 0.05) is 0 Å². The van der Waals surface area contributed by atoms with E-state index in [1.54, 1.807) is 0 Å². The van der Waals surface area contributed by atoms with Gasteiger partial charge in [0.1, 0.15) is 6.61 Å². The Morgan fingerprint density at radius 1 is 1.50 bits per heavy atom. The lowest BCUT2D eigenvalue weighted by Crippen LogP contribution is -1.98. The summed E-state index contributed by atoms with van der Waals surface area (Å²) in [6.45, 7) is 1.42. The Morgan fingerprint density at radius 3 is 2.75 bits per heavy atom. The minimum Gasteiger partial charge on any atom is -0.366 e. The van der Waals surface area contributed by atoms with Crippen molar-refractivity contribution in [1.82, 2.24) is 0 Å². The van der Waals surface area contributed by atoms with Crippen molar-refractivity contribution >= 4 is 16.3 Å². The highest BCUT2D eigenvalue weighted by atomic mass is 79.9. The Balaban J connectivity index is 2.65. The molecular formula is C5H7BrO2. The molecule has 0 N–H and O–H groups in total. The van der Waals surface area contributed by atoms with Crippen molar-refractivity contribution in [2.24, 2.45) is 0 Å². The van der Waals surface area contributed by atoms with Gasteiger partial charge in [0.25, 0.3) is 0 Å². The summed E-state index contributed by atoms with van der Waals surface area (Å²) in [5.74, 6) is 2.33. The fourth-order valence-corrected chi connectivity index (χ4v) is 0.354. The van der Waals surface area contributed by atoms with Crippen LogP contribution in [-0.2, 0) is 8.57 Å². The molecular weight excluding hydrogens is 172 g/mol. The molecule has 0 aromatic heterocycles. The van der Waals surface area contributed by atoms with E-state index in [1.807, 2.05) is 0 Å². The van der Waals surface area contributed by atoms with E-state index in [0.29, 0.717) is 19.8 Å². The highest BCUT2D eigenvalue weighted by Crippen LogP contribution is 1.82. The molecule has 0 rings (SSSR count). The van der Waals surface area contributed by atoms with Gasteiger partial charge in [-0.25, -0.2) is 0 Å². The minimum absolute atomic E-state index is 0.357. The van der Waals surface area contributed by atoms with Crippen LogP contribution < -0.4 is 0 Å². The molecule has 2 nitrogen and oxygen atoms in total. The average Bonchev–Trinajstić information content (AvgIpc) is 1.81. The lowest BCUT2D eigenvalue weighted by Gasteiger charge is -1.94. The number of ether oxygens (including phenoxy) is 1. The maximum atomic E-state index is 4.88. The maximum absolute atomic E-state index is 4.88. The predicted octanol–water partition coefficient (Wildman–Crippen LogP) is 0.963. The quantitative estimate of drug-likeness (QED) is 0.472. The first kappa shape index (κ1) is 7.96. The maximum Gasteiger partial charge on any atom is 0.107 e. The van der Waals surface area contributed by atoms with Crippen LogP contribution in [0.1, 0.15) is 0 Å². The molecule has 0 heterocycles. The van der Waals surface area contributed by atoms with Gasteiger partial charge in [0.15, 0.2) is 0 Å². The SMILES string of the molecule is C#CCOCCOBr. The van der Waals surface area contributed by atoms with E-state index in [4.69, 9.17) is 11.2 Å². The summed E-state index contributed by atoms with van der Waals surface area (Å²) in [4.78, 5) is 0. The zero-order valence-corrected chi connectivity index (χ0v) is 5.98. The second-order valence-electron chi connectivity index (χ2n) is 1.07. The molecule has 0 aromatic rings. The third-order valence-electron chi connectivity index (χ3n) is 0.490. The van der Waals surface area contributed by atoms with Crippen molar-refractivity contribution in [2.45, 2.75) is 0 Å². The first-order valence-electron chi connectivity index (χ1n) is 2.16. The van der Waals surface area contributed by atoms with E-state index in [-0.39, 0.29) is 0 Å². The van der Waals surface area contributed by atoms with E-state index in [9.17, 15) is 0 Å². The molecule has 0 amide bonds. The second kappa shape index (κ2) is 6.96. The van der Waals surface area contributed by atoms with Crippen LogP contribution in [0.2, 0.25) is 0 Å². The van der Waals surface area contributed by atoms with Crippen molar-refractivity contribution in [3.05, 3.63) is 0 Å². The molecule has 0 unspecified atom stereocenters. The van der Waals surface area contributed by atoms with E-state index >= 15 is 0 Å². The smallest absolute Gasteiger partial charge is 0.107 e. The fourth-order valence-electron chi connectivity index (χ4n) is 0.222. The Kier molecular flexibility index (Phi) is 6.93. The number of hydrogen-bond donors (Lipinski definition) is 0. The topological polar surface area (TPSA) is 18.5 Å². The van der Waals surface area contributed by atoms with Gasteiger partial charge < -0.3 is 8.57 Å². The predicted molar refractivity (Wildman–Crippen MR) is 34.5 cm³/mol. The fraction of sp³-hybridized carbons (Fsp3) is 0.600. The molecule has 0 aromatic carbocycles. The highest BCUT2D eigenvalue weighted by molar-refractivity contribution is 9.06. The van der Waals surface area contributed by atoms with E-state index in [2.05, 4.69) is 26.0 Å². The second-order valence-corrected chi connectivity index (χ2v) is 1.53. The van der Waals surface area contributed by atoms with Gasteiger partial charge >= 0.3 is 0 Å². The molecule has 0 saturated carbocycles. The van der Waals surface area contributed by atoms with Crippen LogP contribution in [-0.4, -0.2) is 19.8 Å². The van der Waals surface area contributed by atoms with Crippen LogP contribution in [0, 0.1) is 12.3 Å². The van der Waals surface area contributed by atoms with Crippen molar-refractivity contribution in [2.75, 3.05) is 19.8 Å². The average molecular weight is 179 g/mol. The molecule has 0 atom stereocenters. The zero-order valence-electron chi connectivity index (χ0n) is 4.39. The lowest BCUT2D eigenvalue weighted by molar-refractivity contribution is 0.136. The lowest BCUT2D eigenvalue weighted by atomic mass is 10.7. The molecule has 0 aliphatic carbocycles. The Bertz CT molecular complexity index is 77.0. The number of rotatable bonds is 4. The van der Waals surface area contributed by atoms with Crippen LogP contribution in [0.25, 0.3) is 0 Å². The zero-order chi connectivity index (χ0) is 6.24. The summed E-state index contributed by atoms with van der Waals surface area (Å²) >= 11 is 2.77. The monoisotopic (exact) mass is 178 g/mol. The summed E-state index contributed by atoms with van der Waals surface area (Å²) in [5.41, 5.74) is 0. The molecule has 3 heteroatoms. The van der Waals surface area contributed by atoms with Crippen LogP contribution in [0.3, 0.4) is 0 Å². The molecule has 0 aliphatic heterocycles. The first-order chi connectivity index (χ1) is 3.91. The first-order valence-corrected chi connectivity index (χ1v) is 2.81. The van der Waals surface area contributed by atoms with Gasteiger partial charge in [-0.3, -0.25) is 0 Å². The molecule has 8 heavy (non-hydrogen) atoms. The molecule has 0 bridgehead atoms. The van der Waals surface area contributed by atoms with Gasteiger partial charge in [-0.1, -0.05) is 5.92 Å². The molecule has 0 aliphatic rings. The van der Waals surface area contributed by atoms with Crippen molar-refractivity contribution in [3.8, 4) is 12.3 Å². The summed E-state index contributed by atoms with van der Waals surface area (Å²) < 4.78 is 9.34. The number of hydrogen-bond acceptors (Lipinski definition) is 2. The Hall–Kier alpha value is -0.0400. The standard InChI is InChI=1S/C5H7BrO2/c1-2-3-7-4-5-8-6/h1H,3-5H2. The van der Waals surface area contributed by atoms with Gasteiger partial charge in [-0.05, 0) is 0 Å². The minimum atomic E-state index is 0.357. The van der Waals surface area contributed by atoms with Gasteiger partial charge in [-0.15, -0.1) is 6.42 Å². The number of terminal acetylenes is 1. The van der Waals surface area contributed by atoms with Crippen LogP contribution in [0.4, 0.5) is 0 Å². The Morgan fingerprint density at radius 2 is 2.25 bits per heavy atom. The summed E-state index contributed by atoms with van der Waals surface area (Å²) in [7, 11) is 0. The third kappa shape index (κ3) is 5.96. The van der Waals surface area contributed by atoms with Gasteiger partial charge in [-0.2, -0.15) is 0 Å². The van der Waals surface area contributed by atoms with E-state index < -0.39 is 0 Å².